The third kappa shape index (κ3) is 1.88. The van der Waals surface area contributed by atoms with Crippen LogP contribution in [0.4, 0.5) is 10.2 Å². The number of alkyl halides is 1. The summed E-state index contributed by atoms with van der Waals surface area (Å²) >= 11 is 0. The van der Waals surface area contributed by atoms with E-state index in [2.05, 4.69) is 15.3 Å². The smallest absolute Gasteiger partial charge is 0.147 e. The molecule has 92 valence electrons. The molecule has 0 radical (unpaired) electrons. The summed E-state index contributed by atoms with van der Waals surface area (Å²) in [6.45, 7) is 0. The Kier molecular flexibility index (Phi) is 2.70. The number of anilines is 1. The predicted molar refractivity (Wildman–Crippen MR) is 63.7 cm³/mol. The van der Waals surface area contributed by atoms with Crippen molar-refractivity contribution in [1.29, 1.82) is 0 Å². The quantitative estimate of drug-likeness (QED) is 0.836. The highest BCUT2D eigenvalue weighted by Crippen LogP contribution is 2.32. The maximum Gasteiger partial charge on any atom is 0.147 e. The molecule has 0 aliphatic carbocycles. The number of nitrogens with zero attached hydrogens (tertiary/aromatic N) is 3. The summed E-state index contributed by atoms with van der Waals surface area (Å²) in [6, 6.07) is 0.416. The van der Waals surface area contributed by atoms with Crippen LogP contribution in [-0.2, 0) is 0 Å². The molecule has 2 bridgehead atoms. The van der Waals surface area contributed by atoms with Gasteiger partial charge < -0.3 is 10.2 Å². The highest BCUT2D eigenvalue weighted by atomic mass is 19.1. The molecule has 17 heavy (non-hydrogen) atoms. The third-order valence-corrected chi connectivity index (χ3v) is 3.96. The molecular weight excluding hydrogens is 219 g/mol. The number of aromatic nitrogens is 2. The lowest BCUT2D eigenvalue weighted by Crippen LogP contribution is -2.55. The normalized spacial score (nSPS) is 35.9. The molecule has 4 atom stereocenters. The van der Waals surface area contributed by atoms with Gasteiger partial charge in [0.2, 0.25) is 0 Å². The summed E-state index contributed by atoms with van der Waals surface area (Å²) in [6.07, 6.45) is 7.06. The molecule has 2 aliphatic rings. The van der Waals surface area contributed by atoms with Gasteiger partial charge in [-0.2, -0.15) is 0 Å². The van der Waals surface area contributed by atoms with Crippen molar-refractivity contribution in [1.82, 2.24) is 15.3 Å². The van der Waals surface area contributed by atoms with E-state index < -0.39 is 6.17 Å². The van der Waals surface area contributed by atoms with Gasteiger partial charge in [-0.1, -0.05) is 0 Å². The predicted octanol–water partition coefficient (Wildman–Crippen LogP) is 1.14. The fraction of sp³-hybridized carbons (Fsp3) is 0.667. The Balaban J connectivity index is 1.80. The molecule has 1 aromatic heterocycles. The van der Waals surface area contributed by atoms with Gasteiger partial charge >= 0.3 is 0 Å². The Labute approximate surface area is 100 Å². The van der Waals surface area contributed by atoms with Crippen LogP contribution in [0.5, 0.6) is 0 Å². The minimum absolute atomic E-state index is 0.0258. The molecule has 2 fully saturated rings. The van der Waals surface area contributed by atoms with Crippen molar-refractivity contribution in [3.05, 3.63) is 18.6 Å². The van der Waals surface area contributed by atoms with Gasteiger partial charge in [-0.25, -0.2) is 9.37 Å². The number of nitrogens with one attached hydrogen (secondary N) is 1. The molecule has 1 aromatic rings. The van der Waals surface area contributed by atoms with Crippen molar-refractivity contribution in [2.45, 2.75) is 43.6 Å². The average Bonchev–Trinajstić information content (AvgIpc) is 2.78. The Morgan fingerprint density at radius 2 is 2.29 bits per heavy atom. The first kappa shape index (κ1) is 10.9. The van der Waals surface area contributed by atoms with Crippen LogP contribution in [0.3, 0.4) is 0 Å². The minimum atomic E-state index is -0.819. The average molecular weight is 236 g/mol. The Morgan fingerprint density at radius 1 is 1.41 bits per heavy atom. The molecule has 3 rings (SSSR count). The van der Waals surface area contributed by atoms with Crippen molar-refractivity contribution in [2.75, 3.05) is 11.9 Å². The minimum Gasteiger partial charge on any atom is -0.352 e. The SMILES string of the molecule is CN(c1cnccn1)[C@@H]1C[C@H]2CC[C@H](N2)[C@@H]1F. The maximum atomic E-state index is 14.3. The number of rotatable bonds is 2. The molecule has 0 saturated carbocycles. The molecule has 0 unspecified atom stereocenters. The first-order valence-electron chi connectivity index (χ1n) is 6.14. The van der Waals surface area contributed by atoms with E-state index in [1.165, 1.54) is 0 Å². The van der Waals surface area contributed by atoms with Crippen LogP contribution in [0.25, 0.3) is 0 Å². The van der Waals surface area contributed by atoms with Crippen LogP contribution in [0.2, 0.25) is 0 Å². The van der Waals surface area contributed by atoms with Gasteiger partial charge in [0.25, 0.3) is 0 Å². The summed E-state index contributed by atoms with van der Waals surface area (Å²) in [5.41, 5.74) is 0. The Bertz CT molecular complexity index is 385. The van der Waals surface area contributed by atoms with Gasteiger partial charge in [-0.15, -0.1) is 0 Å². The van der Waals surface area contributed by atoms with E-state index in [0.717, 1.165) is 25.1 Å². The van der Waals surface area contributed by atoms with Crippen LogP contribution in [-0.4, -0.2) is 41.3 Å². The molecule has 0 spiro atoms. The van der Waals surface area contributed by atoms with Gasteiger partial charge in [0, 0.05) is 31.5 Å². The molecule has 4 nitrogen and oxygen atoms in total. The van der Waals surface area contributed by atoms with Gasteiger partial charge in [0.15, 0.2) is 0 Å². The zero-order chi connectivity index (χ0) is 11.8. The highest BCUT2D eigenvalue weighted by molar-refractivity contribution is 5.36. The van der Waals surface area contributed by atoms with Crippen molar-refractivity contribution in [3.8, 4) is 0 Å². The summed E-state index contributed by atoms with van der Waals surface area (Å²) in [5, 5.41) is 3.34. The second kappa shape index (κ2) is 4.22. The molecule has 0 aromatic carbocycles. The summed E-state index contributed by atoms with van der Waals surface area (Å²) in [7, 11) is 1.91. The van der Waals surface area contributed by atoms with Gasteiger partial charge in [-0.05, 0) is 19.3 Å². The molecule has 2 saturated heterocycles. The second-order valence-electron chi connectivity index (χ2n) is 4.97. The van der Waals surface area contributed by atoms with Gasteiger partial charge in [0.1, 0.15) is 12.0 Å². The molecule has 1 N–H and O–H groups in total. The van der Waals surface area contributed by atoms with E-state index in [0.29, 0.717) is 6.04 Å². The van der Waals surface area contributed by atoms with Crippen LogP contribution < -0.4 is 10.2 Å². The van der Waals surface area contributed by atoms with Crippen LogP contribution in [0.1, 0.15) is 19.3 Å². The van der Waals surface area contributed by atoms with E-state index in [9.17, 15) is 4.39 Å². The second-order valence-corrected chi connectivity index (χ2v) is 4.97. The molecule has 0 amide bonds. The Hall–Kier alpha value is -1.23. The van der Waals surface area contributed by atoms with E-state index in [1.54, 1.807) is 18.6 Å². The van der Waals surface area contributed by atoms with E-state index in [1.807, 2.05) is 11.9 Å². The fourth-order valence-corrected chi connectivity index (χ4v) is 2.99. The van der Waals surface area contributed by atoms with Crippen molar-refractivity contribution < 1.29 is 4.39 Å². The third-order valence-electron chi connectivity index (χ3n) is 3.96. The summed E-state index contributed by atoms with van der Waals surface area (Å²) < 4.78 is 14.3. The maximum absolute atomic E-state index is 14.3. The number of piperidine rings is 1. The first-order valence-corrected chi connectivity index (χ1v) is 6.14. The van der Waals surface area contributed by atoms with Gasteiger partial charge in [-0.3, -0.25) is 4.98 Å². The monoisotopic (exact) mass is 236 g/mol. The van der Waals surface area contributed by atoms with Crippen molar-refractivity contribution in [3.63, 3.8) is 0 Å². The fourth-order valence-electron chi connectivity index (χ4n) is 2.99. The van der Waals surface area contributed by atoms with E-state index in [4.69, 9.17) is 0 Å². The largest absolute Gasteiger partial charge is 0.352 e. The van der Waals surface area contributed by atoms with Crippen LogP contribution >= 0.6 is 0 Å². The number of hydrogen-bond donors (Lipinski definition) is 1. The molecular formula is C12H17FN4. The zero-order valence-electron chi connectivity index (χ0n) is 9.88. The number of fused-ring (bicyclic) bond motifs is 2. The number of halogens is 1. The van der Waals surface area contributed by atoms with Crippen LogP contribution in [0.15, 0.2) is 18.6 Å². The lowest BCUT2D eigenvalue weighted by molar-refractivity contribution is 0.176. The lowest BCUT2D eigenvalue weighted by Gasteiger charge is -2.38. The molecule has 2 aliphatic heterocycles. The topological polar surface area (TPSA) is 41.1 Å². The van der Waals surface area contributed by atoms with Gasteiger partial charge in [0.05, 0.1) is 12.2 Å². The molecule has 5 heteroatoms. The molecule has 3 heterocycles. The van der Waals surface area contributed by atoms with E-state index >= 15 is 0 Å². The van der Waals surface area contributed by atoms with E-state index in [-0.39, 0.29) is 12.1 Å². The highest BCUT2D eigenvalue weighted by Gasteiger charge is 2.43. The first-order chi connectivity index (χ1) is 8.25. The standard InChI is InChI=1S/C12H17FN4/c1-17(11-7-14-4-5-15-11)10-6-8-2-3-9(16-8)12(10)13/h4-5,7-10,12,16H,2-3,6H2,1H3/t8-,9+,10-,12+/m1/s1. The van der Waals surface area contributed by atoms with Crippen molar-refractivity contribution in [2.24, 2.45) is 0 Å². The lowest BCUT2D eigenvalue weighted by atomic mass is 9.96. The summed E-state index contributed by atoms with van der Waals surface area (Å²) in [4.78, 5) is 10.2. The zero-order valence-corrected chi connectivity index (χ0v) is 9.88. The Morgan fingerprint density at radius 3 is 3.06 bits per heavy atom. The number of hydrogen-bond acceptors (Lipinski definition) is 4. The summed E-state index contributed by atoms with van der Waals surface area (Å²) in [5.74, 6) is 0.751. The van der Waals surface area contributed by atoms with Crippen molar-refractivity contribution >= 4 is 5.82 Å². The van der Waals surface area contributed by atoms with Crippen LogP contribution in [0, 0.1) is 0 Å².